The molecule has 1 rings (SSSR count). The second kappa shape index (κ2) is 6.69. The predicted octanol–water partition coefficient (Wildman–Crippen LogP) is 0.489. The van der Waals surface area contributed by atoms with Crippen LogP contribution >= 0.6 is 0 Å². The lowest BCUT2D eigenvalue weighted by Crippen LogP contribution is -2.33. The Bertz CT molecular complexity index is 364. The first-order chi connectivity index (χ1) is 8.13. The highest BCUT2D eigenvalue weighted by molar-refractivity contribution is 5.88. The van der Waals surface area contributed by atoms with Gasteiger partial charge in [-0.25, -0.2) is 0 Å². The Morgan fingerprint density at radius 2 is 2.00 bits per heavy atom. The van der Waals surface area contributed by atoms with E-state index in [0.29, 0.717) is 19.0 Å². The SMILES string of the molecule is C/C(=C\C(=O)NCCNC(=O)CC#N)C1CC1. The first-order valence-corrected chi connectivity index (χ1v) is 5.73. The van der Waals surface area contributed by atoms with Gasteiger partial charge in [0.15, 0.2) is 0 Å². The topological polar surface area (TPSA) is 82.0 Å². The molecule has 0 spiro atoms. The molecule has 1 saturated carbocycles. The Balaban J connectivity index is 2.10. The molecule has 2 N–H and O–H groups in total. The highest BCUT2D eigenvalue weighted by Gasteiger charge is 2.23. The number of carbonyl (C=O) groups excluding carboxylic acids is 2. The smallest absolute Gasteiger partial charge is 0.243 e. The standard InChI is InChI=1S/C12H17N3O2/c1-9(10-2-3-10)8-12(17)15-7-6-14-11(16)4-5-13/h8,10H,2-4,6-7H2,1H3,(H,14,16)(H,15,17)/b9-8+. The van der Waals surface area contributed by atoms with E-state index >= 15 is 0 Å². The average Bonchev–Trinajstić information content (AvgIpc) is 3.08. The quantitative estimate of drug-likeness (QED) is 0.519. The van der Waals surface area contributed by atoms with Crippen molar-refractivity contribution in [3.63, 3.8) is 0 Å². The molecule has 5 nitrogen and oxygen atoms in total. The van der Waals surface area contributed by atoms with E-state index in [2.05, 4.69) is 10.6 Å². The third-order valence-electron chi connectivity index (χ3n) is 2.57. The second-order valence-corrected chi connectivity index (χ2v) is 4.14. The van der Waals surface area contributed by atoms with Crippen molar-refractivity contribution in [2.45, 2.75) is 26.2 Å². The molecular formula is C12H17N3O2. The van der Waals surface area contributed by atoms with Gasteiger partial charge in [0.2, 0.25) is 11.8 Å². The number of nitriles is 1. The minimum Gasteiger partial charge on any atom is -0.353 e. The Morgan fingerprint density at radius 1 is 1.35 bits per heavy atom. The molecule has 1 fully saturated rings. The highest BCUT2D eigenvalue weighted by atomic mass is 16.2. The van der Waals surface area contributed by atoms with Gasteiger partial charge in [-0.3, -0.25) is 9.59 Å². The molecule has 0 radical (unpaired) electrons. The van der Waals surface area contributed by atoms with Crippen LogP contribution in [0, 0.1) is 17.2 Å². The zero-order valence-electron chi connectivity index (χ0n) is 9.95. The Hall–Kier alpha value is -1.83. The fourth-order valence-corrected chi connectivity index (χ4v) is 1.44. The molecule has 2 amide bonds. The van der Waals surface area contributed by atoms with Gasteiger partial charge in [-0.2, -0.15) is 5.26 Å². The number of hydrogen-bond donors (Lipinski definition) is 2. The summed E-state index contributed by atoms with van der Waals surface area (Å²) in [4.78, 5) is 22.3. The van der Waals surface area contributed by atoms with Gasteiger partial charge in [-0.15, -0.1) is 0 Å². The summed E-state index contributed by atoms with van der Waals surface area (Å²) in [5, 5.41) is 13.5. The number of nitrogens with one attached hydrogen (secondary N) is 2. The maximum Gasteiger partial charge on any atom is 0.243 e. The summed E-state index contributed by atoms with van der Waals surface area (Å²) in [6.45, 7) is 2.69. The number of nitrogens with zero attached hydrogens (tertiary/aromatic N) is 1. The first kappa shape index (κ1) is 13.2. The molecule has 0 aromatic rings. The van der Waals surface area contributed by atoms with E-state index in [0.717, 1.165) is 5.57 Å². The highest BCUT2D eigenvalue weighted by Crippen LogP contribution is 2.35. The number of carbonyl (C=O) groups is 2. The van der Waals surface area contributed by atoms with E-state index in [-0.39, 0.29) is 18.2 Å². The van der Waals surface area contributed by atoms with E-state index in [1.165, 1.54) is 12.8 Å². The van der Waals surface area contributed by atoms with E-state index in [9.17, 15) is 9.59 Å². The summed E-state index contributed by atoms with van der Waals surface area (Å²) >= 11 is 0. The van der Waals surface area contributed by atoms with Crippen LogP contribution in [0.15, 0.2) is 11.6 Å². The number of allylic oxidation sites excluding steroid dienone is 1. The van der Waals surface area contributed by atoms with Gasteiger partial charge in [0, 0.05) is 19.2 Å². The summed E-state index contributed by atoms with van der Waals surface area (Å²) < 4.78 is 0. The van der Waals surface area contributed by atoms with Crippen molar-refractivity contribution < 1.29 is 9.59 Å². The summed E-state index contributed by atoms with van der Waals surface area (Å²) in [6.07, 6.45) is 3.84. The molecule has 1 aliphatic carbocycles. The zero-order valence-corrected chi connectivity index (χ0v) is 9.95. The molecule has 1 aliphatic rings. The van der Waals surface area contributed by atoms with Gasteiger partial charge in [0.25, 0.3) is 0 Å². The van der Waals surface area contributed by atoms with Crippen LogP contribution in [0.5, 0.6) is 0 Å². The Labute approximate surface area is 101 Å². The number of amides is 2. The molecule has 0 saturated heterocycles. The fourth-order valence-electron chi connectivity index (χ4n) is 1.44. The molecular weight excluding hydrogens is 218 g/mol. The van der Waals surface area contributed by atoms with Crippen molar-refractivity contribution in [2.75, 3.05) is 13.1 Å². The number of hydrogen-bond acceptors (Lipinski definition) is 3. The maximum atomic E-state index is 11.4. The number of rotatable bonds is 6. The monoisotopic (exact) mass is 235 g/mol. The van der Waals surface area contributed by atoms with Crippen LogP contribution in [-0.2, 0) is 9.59 Å². The third kappa shape index (κ3) is 5.71. The van der Waals surface area contributed by atoms with Crippen molar-refractivity contribution in [3.05, 3.63) is 11.6 Å². The van der Waals surface area contributed by atoms with Crippen LogP contribution in [0.1, 0.15) is 26.2 Å². The summed E-state index contributed by atoms with van der Waals surface area (Å²) in [7, 11) is 0. The van der Waals surface area contributed by atoms with Gasteiger partial charge in [0.05, 0.1) is 6.07 Å². The predicted molar refractivity (Wildman–Crippen MR) is 62.7 cm³/mol. The largest absolute Gasteiger partial charge is 0.353 e. The summed E-state index contributed by atoms with van der Waals surface area (Å²) in [5.41, 5.74) is 1.12. The zero-order chi connectivity index (χ0) is 12.7. The molecule has 0 aromatic heterocycles. The minimum absolute atomic E-state index is 0.121. The maximum absolute atomic E-state index is 11.4. The molecule has 0 aliphatic heterocycles. The van der Waals surface area contributed by atoms with Crippen molar-refractivity contribution in [2.24, 2.45) is 5.92 Å². The van der Waals surface area contributed by atoms with Gasteiger partial charge in [-0.05, 0) is 25.7 Å². The average molecular weight is 235 g/mol. The molecule has 0 unspecified atom stereocenters. The molecule has 92 valence electrons. The second-order valence-electron chi connectivity index (χ2n) is 4.14. The minimum atomic E-state index is -0.313. The van der Waals surface area contributed by atoms with E-state index in [4.69, 9.17) is 5.26 Å². The van der Waals surface area contributed by atoms with Gasteiger partial charge >= 0.3 is 0 Å². The molecule has 0 atom stereocenters. The molecule has 5 heteroatoms. The van der Waals surface area contributed by atoms with Gasteiger partial charge < -0.3 is 10.6 Å². The molecule has 17 heavy (non-hydrogen) atoms. The van der Waals surface area contributed by atoms with E-state index in [1.54, 1.807) is 12.1 Å². The van der Waals surface area contributed by atoms with Crippen LogP contribution in [-0.4, -0.2) is 24.9 Å². The van der Waals surface area contributed by atoms with Crippen molar-refractivity contribution in [1.29, 1.82) is 5.26 Å². The van der Waals surface area contributed by atoms with Gasteiger partial charge in [0.1, 0.15) is 6.42 Å². The van der Waals surface area contributed by atoms with Crippen LogP contribution in [0.4, 0.5) is 0 Å². The van der Waals surface area contributed by atoms with Gasteiger partial charge in [-0.1, -0.05) is 5.57 Å². The van der Waals surface area contributed by atoms with Crippen molar-refractivity contribution in [3.8, 4) is 6.07 Å². The van der Waals surface area contributed by atoms with Crippen LogP contribution in [0.25, 0.3) is 0 Å². The first-order valence-electron chi connectivity index (χ1n) is 5.73. The van der Waals surface area contributed by atoms with Crippen LogP contribution in [0.3, 0.4) is 0 Å². The Kier molecular flexibility index (Phi) is 5.21. The Morgan fingerprint density at radius 3 is 2.59 bits per heavy atom. The van der Waals surface area contributed by atoms with E-state index in [1.807, 2.05) is 6.92 Å². The molecule has 0 heterocycles. The molecule has 0 bridgehead atoms. The van der Waals surface area contributed by atoms with Crippen molar-refractivity contribution >= 4 is 11.8 Å². The van der Waals surface area contributed by atoms with Crippen molar-refractivity contribution in [1.82, 2.24) is 10.6 Å². The lowest BCUT2D eigenvalue weighted by Gasteiger charge is -2.04. The summed E-state index contributed by atoms with van der Waals surface area (Å²) in [5.74, 6) is 0.159. The van der Waals surface area contributed by atoms with Crippen LogP contribution in [0.2, 0.25) is 0 Å². The fraction of sp³-hybridized carbons (Fsp3) is 0.583. The lowest BCUT2D eigenvalue weighted by molar-refractivity contribution is -0.120. The third-order valence-corrected chi connectivity index (χ3v) is 2.57. The summed E-state index contributed by atoms with van der Waals surface area (Å²) in [6, 6.07) is 1.75. The van der Waals surface area contributed by atoms with Crippen LogP contribution < -0.4 is 10.6 Å². The molecule has 0 aromatic carbocycles. The lowest BCUT2D eigenvalue weighted by atomic mass is 10.2. The van der Waals surface area contributed by atoms with E-state index < -0.39 is 0 Å². The normalized spacial score (nSPS) is 14.9.